The first kappa shape index (κ1) is 21.5. The van der Waals surface area contributed by atoms with Gasteiger partial charge < -0.3 is 10.2 Å². The van der Waals surface area contributed by atoms with Crippen molar-refractivity contribution in [1.29, 1.82) is 0 Å². The Bertz CT molecular complexity index is 1230. The summed E-state index contributed by atoms with van der Waals surface area (Å²) >= 11 is 0. The molecule has 0 bridgehead atoms. The number of aromatic nitrogens is 4. The SMILES string of the molecule is O=C(CNc1cccc(-c2nnnn2C2CC2)c1)N1CCN(S(=O)(=O)c2ccccc2)CC1. The molecule has 2 heterocycles. The van der Waals surface area contributed by atoms with Crippen LogP contribution in [0.1, 0.15) is 18.9 Å². The Morgan fingerprint density at radius 3 is 2.48 bits per heavy atom. The van der Waals surface area contributed by atoms with Crippen LogP contribution in [-0.2, 0) is 14.8 Å². The number of rotatable bonds is 7. The Kier molecular flexibility index (Phi) is 5.81. The number of tetrazole rings is 1. The van der Waals surface area contributed by atoms with Gasteiger partial charge in [0.2, 0.25) is 15.9 Å². The molecule has 0 radical (unpaired) electrons. The van der Waals surface area contributed by atoms with Gasteiger partial charge in [0.25, 0.3) is 0 Å². The number of carbonyl (C=O) groups is 1. The summed E-state index contributed by atoms with van der Waals surface area (Å²) in [5.74, 6) is 0.656. The number of nitrogens with one attached hydrogen (secondary N) is 1. The fraction of sp³-hybridized carbons (Fsp3) is 0.364. The third kappa shape index (κ3) is 4.60. The van der Waals surface area contributed by atoms with Gasteiger partial charge in [0.15, 0.2) is 5.82 Å². The van der Waals surface area contributed by atoms with Gasteiger partial charge in [-0.25, -0.2) is 13.1 Å². The normalized spacial score (nSPS) is 17.2. The summed E-state index contributed by atoms with van der Waals surface area (Å²) in [4.78, 5) is 14.7. The molecule has 1 saturated heterocycles. The second kappa shape index (κ2) is 8.91. The lowest BCUT2D eigenvalue weighted by atomic mass is 10.2. The van der Waals surface area contributed by atoms with Crippen LogP contribution in [0.3, 0.4) is 0 Å². The van der Waals surface area contributed by atoms with E-state index in [1.807, 2.05) is 28.9 Å². The smallest absolute Gasteiger partial charge is 0.243 e. The van der Waals surface area contributed by atoms with Crippen molar-refractivity contribution in [2.45, 2.75) is 23.8 Å². The molecule has 2 aromatic carbocycles. The van der Waals surface area contributed by atoms with Crippen LogP contribution in [0.15, 0.2) is 59.5 Å². The van der Waals surface area contributed by atoms with E-state index in [1.54, 1.807) is 35.2 Å². The van der Waals surface area contributed by atoms with Crippen LogP contribution in [0.2, 0.25) is 0 Å². The third-order valence-electron chi connectivity index (χ3n) is 5.92. The molecule has 10 nitrogen and oxygen atoms in total. The van der Waals surface area contributed by atoms with Crippen LogP contribution >= 0.6 is 0 Å². The Balaban J connectivity index is 1.17. The van der Waals surface area contributed by atoms with Gasteiger partial charge in [-0.1, -0.05) is 30.3 Å². The zero-order valence-corrected chi connectivity index (χ0v) is 18.9. The lowest BCUT2D eigenvalue weighted by Gasteiger charge is -2.34. The summed E-state index contributed by atoms with van der Waals surface area (Å²) in [7, 11) is -3.54. The zero-order valence-electron chi connectivity index (χ0n) is 18.0. The lowest BCUT2D eigenvalue weighted by Crippen LogP contribution is -2.51. The lowest BCUT2D eigenvalue weighted by molar-refractivity contribution is -0.130. The van der Waals surface area contributed by atoms with E-state index in [1.165, 1.54) is 4.31 Å². The zero-order chi connectivity index (χ0) is 22.8. The van der Waals surface area contributed by atoms with E-state index in [9.17, 15) is 13.2 Å². The minimum absolute atomic E-state index is 0.0695. The number of carbonyl (C=O) groups excluding carboxylic acids is 1. The first-order chi connectivity index (χ1) is 16.0. The molecule has 1 amide bonds. The molecule has 172 valence electrons. The van der Waals surface area contributed by atoms with Gasteiger partial charge in [-0.05, 0) is 47.5 Å². The summed E-state index contributed by atoms with van der Waals surface area (Å²) in [5.41, 5.74) is 1.69. The number of hydrogen-bond acceptors (Lipinski definition) is 7. The first-order valence-electron chi connectivity index (χ1n) is 11.0. The van der Waals surface area contributed by atoms with Gasteiger partial charge in [-0.3, -0.25) is 4.79 Å². The number of nitrogens with zero attached hydrogens (tertiary/aromatic N) is 6. The molecule has 2 aliphatic rings. The van der Waals surface area contributed by atoms with Gasteiger partial charge >= 0.3 is 0 Å². The molecule has 0 unspecified atom stereocenters. The van der Waals surface area contributed by atoms with Crippen molar-refractivity contribution in [2.24, 2.45) is 0 Å². The molecular formula is C22H25N7O3S. The van der Waals surface area contributed by atoms with E-state index in [-0.39, 0.29) is 30.4 Å². The molecule has 1 aliphatic carbocycles. The van der Waals surface area contributed by atoms with Crippen molar-refractivity contribution in [3.63, 3.8) is 0 Å². The van der Waals surface area contributed by atoms with Gasteiger partial charge in [0, 0.05) is 37.4 Å². The maximum absolute atomic E-state index is 12.8. The van der Waals surface area contributed by atoms with Gasteiger partial charge in [-0.15, -0.1) is 5.10 Å². The van der Waals surface area contributed by atoms with Crippen LogP contribution in [0.25, 0.3) is 11.4 Å². The molecule has 1 saturated carbocycles. The number of hydrogen-bond donors (Lipinski definition) is 1. The molecular weight excluding hydrogens is 442 g/mol. The quantitative estimate of drug-likeness (QED) is 0.562. The topological polar surface area (TPSA) is 113 Å². The summed E-state index contributed by atoms with van der Waals surface area (Å²) in [5, 5.41) is 15.2. The standard InChI is InChI=1S/C22H25N7O3S/c30-21(27-11-13-28(14-12-27)33(31,32)20-7-2-1-3-8-20)16-23-18-6-4-5-17(15-18)22-24-25-26-29(22)19-9-10-19/h1-8,15,19,23H,9-14,16H2. The molecule has 1 N–H and O–H groups in total. The molecule has 33 heavy (non-hydrogen) atoms. The molecule has 3 aromatic rings. The predicted octanol–water partition coefficient (Wildman–Crippen LogP) is 1.62. The van der Waals surface area contributed by atoms with Gasteiger partial charge in [0.1, 0.15) is 0 Å². The largest absolute Gasteiger partial charge is 0.376 e. The van der Waals surface area contributed by atoms with Gasteiger partial charge in [0.05, 0.1) is 17.5 Å². The maximum atomic E-state index is 12.8. The van der Waals surface area contributed by atoms with E-state index >= 15 is 0 Å². The maximum Gasteiger partial charge on any atom is 0.243 e. The molecule has 2 fully saturated rings. The summed E-state index contributed by atoms with van der Waals surface area (Å²) in [6, 6.07) is 16.4. The molecule has 1 aliphatic heterocycles. The average Bonchev–Trinajstić information content (AvgIpc) is 3.59. The Labute approximate surface area is 192 Å². The van der Waals surface area contributed by atoms with E-state index in [0.717, 1.165) is 29.9 Å². The van der Waals surface area contributed by atoms with Crippen LogP contribution in [0.5, 0.6) is 0 Å². The first-order valence-corrected chi connectivity index (χ1v) is 12.4. The van der Waals surface area contributed by atoms with Crippen molar-refractivity contribution < 1.29 is 13.2 Å². The monoisotopic (exact) mass is 467 g/mol. The molecule has 11 heteroatoms. The van der Waals surface area contributed by atoms with Crippen LogP contribution < -0.4 is 5.32 Å². The van der Waals surface area contributed by atoms with Crippen molar-refractivity contribution >= 4 is 21.6 Å². The summed E-state index contributed by atoms with van der Waals surface area (Å²) in [6.07, 6.45) is 2.18. The highest BCUT2D eigenvalue weighted by Crippen LogP contribution is 2.36. The van der Waals surface area contributed by atoms with Crippen molar-refractivity contribution in [3.05, 3.63) is 54.6 Å². The van der Waals surface area contributed by atoms with Gasteiger partial charge in [-0.2, -0.15) is 4.31 Å². The highest BCUT2D eigenvalue weighted by Gasteiger charge is 2.30. The van der Waals surface area contributed by atoms with Crippen molar-refractivity contribution in [2.75, 3.05) is 38.0 Å². The number of sulfonamides is 1. The molecule has 1 aromatic heterocycles. The van der Waals surface area contributed by atoms with Crippen LogP contribution in [0.4, 0.5) is 5.69 Å². The Hall–Kier alpha value is -3.31. The highest BCUT2D eigenvalue weighted by atomic mass is 32.2. The van der Waals surface area contributed by atoms with Crippen LogP contribution in [-0.4, -0.2) is 76.5 Å². The van der Waals surface area contributed by atoms with E-state index in [4.69, 9.17) is 0 Å². The number of benzene rings is 2. The summed E-state index contributed by atoms with van der Waals surface area (Å²) < 4.78 is 28.8. The molecule has 5 rings (SSSR count). The minimum Gasteiger partial charge on any atom is -0.376 e. The number of piperazine rings is 1. The third-order valence-corrected chi connectivity index (χ3v) is 7.84. The predicted molar refractivity (Wildman–Crippen MR) is 122 cm³/mol. The fourth-order valence-electron chi connectivity index (χ4n) is 3.93. The van der Waals surface area contributed by atoms with E-state index in [2.05, 4.69) is 20.8 Å². The Morgan fingerprint density at radius 2 is 1.76 bits per heavy atom. The minimum atomic E-state index is -3.54. The second-order valence-electron chi connectivity index (χ2n) is 8.21. The van der Waals surface area contributed by atoms with Crippen molar-refractivity contribution in [1.82, 2.24) is 29.4 Å². The van der Waals surface area contributed by atoms with Crippen LogP contribution in [0, 0.1) is 0 Å². The fourth-order valence-corrected chi connectivity index (χ4v) is 5.37. The van der Waals surface area contributed by atoms with E-state index in [0.29, 0.717) is 19.1 Å². The Morgan fingerprint density at radius 1 is 1.00 bits per heavy atom. The molecule has 0 spiro atoms. The highest BCUT2D eigenvalue weighted by molar-refractivity contribution is 7.89. The number of amides is 1. The number of anilines is 1. The summed E-state index contributed by atoms with van der Waals surface area (Å²) in [6.45, 7) is 1.42. The average molecular weight is 468 g/mol. The van der Waals surface area contributed by atoms with Crippen molar-refractivity contribution in [3.8, 4) is 11.4 Å². The van der Waals surface area contributed by atoms with E-state index < -0.39 is 10.0 Å². The second-order valence-corrected chi connectivity index (χ2v) is 10.1. The molecule has 0 atom stereocenters.